The third-order valence-corrected chi connectivity index (χ3v) is 4.39. The number of likely N-dealkylation sites (tertiary alicyclic amines) is 1. The van der Waals surface area contributed by atoms with Crippen LogP contribution in [-0.2, 0) is 6.54 Å². The van der Waals surface area contributed by atoms with Gasteiger partial charge in [-0.05, 0) is 30.4 Å². The fraction of sp³-hybridized carbons (Fsp3) is 0.647. The van der Waals surface area contributed by atoms with Crippen LogP contribution in [0.25, 0.3) is 0 Å². The Bertz CT molecular complexity index is 361. The summed E-state index contributed by atoms with van der Waals surface area (Å²) in [6, 6.07) is 11.5. The second kappa shape index (κ2) is 7.06. The Hall–Kier alpha value is -0.860. The zero-order valence-corrected chi connectivity index (χ0v) is 12.6. The third-order valence-electron chi connectivity index (χ3n) is 4.39. The smallest absolute Gasteiger partial charge is 0.0234 e. The second-order valence-corrected chi connectivity index (χ2v) is 6.34. The zero-order chi connectivity index (χ0) is 13.7. The Morgan fingerprint density at radius 3 is 2.63 bits per heavy atom. The molecule has 0 radical (unpaired) electrons. The van der Waals surface area contributed by atoms with Crippen LogP contribution >= 0.6 is 0 Å². The monoisotopic (exact) mass is 260 g/mol. The first-order valence-corrected chi connectivity index (χ1v) is 7.65. The number of hydrogen-bond donors (Lipinski definition) is 1. The molecule has 0 bridgehead atoms. The molecule has 0 aromatic heterocycles. The predicted molar refractivity (Wildman–Crippen MR) is 82.1 cm³/mol. The van der Waals surface area contributed by atoms with Crippen molar-refractivity contribution >= 4 is 0 Å². The molecule has 1 fully saturated rings. The maximum atomic E-state index is 3.74. The van der Waals surface area contributed by atoms with Crippen LogP contribution in [0.2, 0.25) is 0 Å². The van der Waals surface area contributed by atoms with Gasteiger partial charge in [-0.15, -0.1) is 0 Å². The number of rotatable bonds is 6. The van der Waals surface area contributed by atoms with Gasteiger partial charge in [-0.1, -0.05) is 51.1 Å². The minimum atomic E-state index is 0.685. The van der Waals surface area contributed by atoms with Crippen LogP contribution in [0.1, 0.15) is 32.8 Å². The summed E-state index contributed by atoms with van der Waals surface area (Å²) in [5.74, 6) is 1.54. The van der Waals surface area contributed by atoms with Gasteiger partial charge in [0, 0.05) is 25.7 Å². The van der Waals surface area contributed by atoms with Crippen molar-refractivity contribution in [2.24, 2.45) is 11.8 Å². The van der Waals surface area contributed by atoms with Crippen molar-refractivity contribution in [3.63, 3.8) is 0 Å². The van der Waals surface area contributed by atoms with Crippen LogP contribution in [0.15, 0.2) is 30.3 Å². The molecule has 2 heteroatoms. The standard InChI is InChI=1S/C17H28N2/c1-14(2)15(3)11-18-17-9-10-19(13-17)12-16-7-5-4-6-8-16/h4-8,14-15,17-18H,9-13H2,1-3H3. The van der Waals surface area contributed by atoms with E-state index in [1.807, 2.05) is 0 Å². The first-order valence-electron chi connectivity index (χ1n) is 7.65. The highest BCUT2D eigenvalue weighted by Gasteiger charge is 2.22. The van der Waals surface area contributed by atoms with Crippen LogP contribution in [-0.4, -0.2) is 30.6 Å². The van der Waals surface area contributed by atoms with Crippen molar-refractivity contribution < 1.29 is 0 Å². The van der Waals surface area contributed by atoms with E-state index < -0.39 is 0 Å². The minimum absolute atomic E-state index is 0.685. The van der Waals surface area contributed by atoms with Crippen LogP contribution in [0.5, 0.6) is 0 Å². The van der Waals surface area contributed by atoms with Crippen LogP contribution in [0, 0.1) is 11.8 Å². The molecule has 2 nitrogen and oxygen atoms in total. The van der Waals surface area contributed by atoms with Gasteiger partial charge in [-0.2, -0.15) is 0 Å². The Morgan fingerprint density at radius 1 is 1.21 bits per heavy atom. The van der Waals surface area contributed by atoms with Crippen molar-refractivity contribution in [3.05, 3.63) is 35.9 Å². The Kier molecular flexibility index (Phi) is 5.41. The van der Waals surface area contributed by atoms with Gasteiger partial charge in [0.25, 0.3) is 0 Å². The van der Waals surface area contributed by atoms with Crippen LogP contribution in [0.4, 0.5) is 0 Å². The van der Waals surface area contributed by atoms with Gasteiger partial charge in [0.1, 0.15) is 0 Å². The lowest BCUT2D eigenvalue weighted by Crippen LogP contribution is -2.36. The average Bonchev–Trinajstić information content (AvgIpc) is 2.84. The normalized spacial score (nSPS) is 22.0. The van der Waals surface area contributed by atoms with E-state index in [-0.39, 0.29) is 0 Å². The number of nitrogens with zero attached hydrogens (tertiary/aromatic N) is 1. The van der Waals surface area contributed by atoms with Crippen LogP contribution in [0.3, 0.4) is 0 Å². The van der Waals surface area contributed by atoms with Crippen molar-refractivity contribution in [2.75, 3.05) is 19.6 Å². The van der Waals surface area contributed by atoms with Crippen molar-refractivity contribution in [3.8, 4) is 0 Å². The third kappa shape index (κ3) is 4.63. The van der Waals surface area contributed by atoms with E-state index in [1.165, 1.54) is 25.1 Å². The molecular formula is C17H28N2. The molecule has 2 rings (SSSR count). The summed E-state index contributed by atoms with van der Waals surface area (Å²) < 4.78 is 0. The molecule has 1 aliphatic heterocycles. The van der Waals surface area contributed by atoms with E-state index in [2.05, 4.69) is 61.3 Å². The molecule has 0 amide bonds. The highest BCUT2D eigenvalue weighted by atomic mass is 15.2. The van der Waals surface area contributed by atoms with Gasteiger partial charge in [0.05, 0.1) is 0 Å². The van der Waals surface area contributed by atoms with Crippen molar-refractivity contribution in [1.82, 2.24) is 10.2 Å². The molecule has 1 aromatic rings. The zero-order valence-electron chi connectivity index (χ0n) is 12.6. The van der Waals surface area contributed by atoms with E-state index in [1.54, 1.807) is 0 Å². The number of nitrogens with one attached hydrogen (secondary N) is 1. The first kappa shape index (κ1) is 14.5. The average molecular weight is 260 g/mol. The first-order chi connectivity index (χ1) is 9.15. The quantitative estimate of drug-likeness (QED) is 0.845. The molecule has 1 heterocycles. The maximum Gasteiger partial charge on any atom is 0.0234 e. The predicted octanol–water partition coefficient (Wildman–Crippen LogP) is 3.14. The molecule has 19 heavy (non-hydrogen) atoms. The van der Waals surface area contributed by atoms with Crippen LogP contribution < -0.4 is 5.32 Å². The lowest BCUT2D eigenvalue weighted by Gasteiger charge is -2.20. The Labute approximate surface area is 118 Å². The summed E-state index contributed by atoms with van der Waals surface area (Å²) in [6.45, 7) is 11.6. The van der Waals surface area contributed by atoms with Gasteiger partial charge in [-0.3, -0.25) is 4.90 Å². The largest absolute Gasteiger partial charge is 0.312 e. The summed E-state index contributed by atoms with van der Waals surface area (Å²) in [4.78, 5) is 2.56. The van der Waals surface area contributed by atoms with Crippen molar-refractivity contribution in [1.29, 1.82) is 0 Å². The van der Waals surface area contributed by atoms with Gasteiger partial charge < -0.3 is 5.32 Å². The molecule has 0 spiro atoms. The lowest BCUT2D eigenvalue weighted by molar-refractivity contribution is 0.311. The van der Waals surface area contributed by atoms with Crippen molar-refractivity contribution in [2.45, 2.75) is 39.8 Å². The number of benzene rings is 1. The fourth-order valence-electron chi connectivity index (χ4n) is 2.57. The summed E-state index contributed by atoms with van der Waals surface area (Å²) in [6.07, 6.45) is 1.29. The minimum Gasteiger partial charge on any atom is -0.312 e. The summed E-state index contributed by atoms with van der Waals surface area (Å²) >= 11 is 0. The molecule has 1 aromatic carbocycles. The van der Waals surface area contributed by atoms with E-state index in [4.69, 9.17) is 0 Å². The molecule has 2 unspecified atom stereocenters. The molecule has 106 valence electrons. The lowest BCUT2D eigenvalue weighted by atomic mass is 9.98. The van der Waals surface area contributed by atoms with E-state index in [0.29, 0.717) is 6.04 Å². The van der Waals surface area contributed by atoms with Gasteiger partial charge in [0.2, 0.25) is 0 Å². The molecule has 1 aliphatic rings. The molecule has 1 saturated heterocycles. The van der Waals surface area contributed by atoms with E-state index >= 15 is 0 Å². The Morgan fingerprint density at radius 2 is 1.95 bits per heavy atom. The number of hydrogen-bond acceptors (Lipinski definition) is 2. The van der Waals surface area contributed by atoms with Gasteiger partial charge in [-0.25, -0.2) is 0 Å². The molecule has 1 N–H and O–H groups in total. The maximum absolute atomic E-state index is 3.74. The highest BCUT2D eigenvalue weighted by molar-refractivity contribution is 5.14. The summed E-state index contributed by atoms with van der Waals surface area (Å²) in [5.41, 5.74) is 1.43. The molecular weight excluding hydrogens is 232 g/mol. The van der Waals surface area contributed by atoms with Gasteiger partial charge in [0.15, 0.2) is 0 Å². The molecule has 0 aliphatic carbocycles. The van der Waals surface area contributed by atoms with E-state index in [9.17, 15) is 0 Å². The SMILES string of the molecule is CC(C)C(C)CNC1CCN(Cc2ccccc2)C1. The van der Waals surface area contributed by atoms with Gasteiger partial charge >= 0.3 is 0 Å². The fourth-order valence-corrected chi connectivity index (χ4v) is 2.57. The van der Waals surface area contributed by atoms with E-state index in [0.717, 1.165) is 24.9 Å². The molecule has 0 saturated carbocycles. The topological polar surface area (TPSA) is 15.3 Å². The summed E-state index contributed by atoms with van der Waals surface area (Å²) in [5, 5.41) is 3.74. The second-order valence-electron chi connectivity index (χ2n) is 6.34. The highest BCUT2D eigenvalue weighted by Crippen LogP contribution is 2.15. The molecule has 2 atom stereocenters. The Balaban J connectivity index is 1.71. The summed E-state index contributed by atoms with van der Waals surface area (Å²) in [7, 11) is 0.